The molecule has 0 amide bonds. The predicted molar refractivity (Wildman–Crippen MR) is 178 cm³/mol. The molecule has 0 heterocycles. The second kappa shape index (κ2) is 20.7. The lowest BCUT2D eigenvalue weighted by atomic mass is 10.0. The molecule has 0 radical (unpaired) electrons. The first-order chi connectivity index (χ1) is 19.8. The van der Waals surface area contributed by atoms with Gasteiger partial charge in [0.15, 0.2) is 10.1 Å². The summed E-state index contributed by atoms with van der Waals surface area (Å²) in [5.41, 5.74) is 2.76. The molecule has 0 aliphatic carbocycles. The van der Waals surface area contributed by atoms with Crippen LogP contribution in [0.25, 0.3) is 0 Å². The molecule has 0 aromatic heterocycles. The minimum absolute atomic E-state index is 0.0447. The Kier molecular flexibility index (Phi) is 16.7. The molecule has 0 fully saturated rings. The van der Waals surface area contributed by atoms with Crippen LogP contribution < -0.4 is 4.74 Å². The summed E-state index contributed by atoms with van der Waals surface area (Å²) in [5, 5.41) is 0.360. The van der Waals surface area contributed by atoms with Gasteiger partial charge in [-0.2, -0.15) is 0 Å². The van der Waals surface area contributed by atoms with E-state index in [0.29, 0.717) is 5.25 Å². The summed E-state index contributed by atoms with van der Waals surface area (Å²) in [6.07, 6.45) is 24.7. The fraction of sp³-hybridized carbons (Fsp3) is 0.526. The first-order valence-electron chi connectivity index (χ1n) is 16.3. The van der Waals surface area contributed by atoms with Crippen molar-refractivity contribution >= 4 is 10.9 Å². The average molecular weight is 560 g/mol. The molecule has 0 N–H and O–H groups in total. The van der Waals surface area contributed by atoms with Crippen molar-refractivity contribution in [3.63, 3.8) is 0 Å². The fourth-order valence-electron chi connectivity index (χ4n) is 5.58. The van der Waals surface area contributed by atoms with E-state index in [-0.39, 0.29) is 10.9 Å². The van der Waals surface area contributed by atoms with E-state index in [2.05, 4.69) is 98.1 Å². The predicted octanol–water partition coefficient (Wildman–Crippen LogP) is 11.7. The SMILES string of the molecule is CCCCCCCCCCCCCCCCCCOc1ccc([S+](C)C(c2ccccc2)c2ccccc2)cc1. The summed E-state index contributed by atoms with van der Waals surface area (Å²) in [4.78, 5) is 1.38. The molecule has 0 saturated heterocycles. The standard InChI is InChI=1S/C38H55OS/c1-3-4-5-6-7-8-9-10-11-12-13-14-15-16-17-24-33-39-36-29-31-37(32-30-36)40(2)38(34-25-20-18-21-26-34)35-27-22-19-23-28-35/h18-23,25-32,38H,3-17,24,33H2,1-2H3/q+1. The number of benzene rings is 3. The molecule has 1 unspecified atom stereocenters. The molecule has 1 atom stereocenters. The molecule has 0 bridgehead atoms. The lowest BCUT2D eigenvalue weighted by molar-refractivity contribution is 0.304. The molecular formula is C38H55OS+. The molecule has 3 aromatic carbocycles. The van der Waals surface area contributed by atoms with Gasteiger partial charge in [0, 0.05) is 22.0 Å². The minimum Gasteiger partial charge on any atom is -0.494 e. The third-order valence-electron chi connectivity index (χ3n) is 8.02. The van der Waals surface area contributed by atoms with Crippen molar-refractivity contribution in [1.82, 2.24) is 0 Å². The van der Waals surface area contributed by atoms with Crippen molar-refractivity contribution in [2.75, 3.05) is 12.9 Å². The zero-order chi connectivity index (χ0) is 28.1. The maximum Gasteiger partial charge on any atom is 0.173 e. The van der Waals surface area contributed by atoms with Crippen LogP contribution in [0.3, 0.4) is 0 Å². The molecule has 0 aliphatic rings. The smallest absolute Gasteiger partial charge is 0.173 e. The van der Waals surface area contributed by atoms with Crippen LogP contribution in [-0.2, 0) is 10.9 Å². The van der Waals surface area contributed by atoms with Gasteiger partial charge in [0.2, 0.25) is 0 Å². The van der Waals surface area contributed by atoms with Crippen LogP contribution in [0, 0.1) is 0 Å². The third kappa shape index (κ3) is 12.5. The van der Waals surface area contributed by atoms with Crippen LogP contribution in [0.4, 0.5) is 0 Å². The Labute approximate surface area is 249 Å². The normalized spacial score (nSPS) is 12.1. The molecule has 2 heteroatoms. The van der Waals surface area contributed by atoms with Gasteiger partial charge in [-0.3, -0.25) is 0 Å². The summed E-state index contributed by atoms with van der Waals surface area (Å²) in [6, 6.07) is 30.7. The van der Waals surface area contributed by atoms with E-state index in [4.69, 9.17) is 4.74 Å². The summed E-state index contributed by atoms with van der Waals surface area (Å²) in [7, 11) is 0.0447. The molecule has 1 nitrogen and oxygen atoms in total. The van der Waals surface area contributed by atoms with Gasteiger partial charge in [0.05, 0.1) is 6.61 Å². The Balaban J connectivity index is 1.25. The minimum atomic E-state index is 0.0447. The van der Waals surface area contributed by atoms with E-state index >= 15 is 0 Å². The number of unbranched alkanes of at least 4 members (excludes halogenated alkanes) is 15. The van der Waals surface area contributed by atoms with Gasteiger partial charge in [-0.05, 0) is 30.7 Å². The maximum atomic E-state index is 6.09. The first kappa shape index (κ1) is 32.3. The Morgan fingerprint density at radius 1 is 0.500 bits per heavy atom. The van der Waals surface area contributed by atoms with Crippen molar-refractivity contribution < 1.29 is 4.74 Å². The zero-order valence-corrected chi connectivity index (χ0v) is 26.3. The van der Waals surface area contributed by atoms with Crippen LogP contribution in [-0.4, -0.2) is 12.9 Å². The van der Waals surface area contributed by atoms with Crippen molar-refractivity contribution in [3.8, 4) is 5.75 Å². The molecule has 218 valence electrons. The molecule has 0 saturated carbocycles. The van der Waals surface area contributed by atoms with Crippen molar-refractivity contribution in [2.24, 2.45) is 0 Å². The molecule has 40 heavy (non-hydrogen) atoms. The van der Waals surface area contributed by atoms with E-state index in [1.807, 2.05) is 0 Å². The van der Waals surface area contributed by atoms with Crippen LogP contribution in [0.2, 0.25) is 0 Å². The number of rotatable bonds is 22. The summed E-state index contributed by atoms with van der Waals surface area (Å²) in [5.74, 6) is 0.998. The van der Waals surface area contributed by atoms with E-state index in [1.54, 1.807) is 0 Å². The fourth-order valence-corrected chi connectivity index (χ4v) is 7.55. The Hall–Kier alpha value is -2.19. The van der Waals surface area contributed by atoms with Crippen LogP contribution in [0.5, 0.6) is 5.75 Å². The number of hydrogen-bond acceptors (Lipinski definition) is 1. The quantitative estimate of drug-likeness (QED) is 0.0878. The number of ether oxygens (including phenoxy) is 1. The monoisotopic (exact) mass is 559 g/mol. The van der Waals surface area contributed by atoms with Gasteiger partial charge in [-0.15, -0.1) is 0 Å². The Bertz CT molecular complexity index is 946. The second-order valence-corrected chi connectivity index (χ2v) is 13.4. The van der Waals surface area contributed by atoms with Crippen molar-refractivity contribution in [3.05, 3.63) is 96.1 Å². The highest BCUT2D eigenvalue weighted by atomic mass is 32.2. The lowest BCUT2D eigenvalue weighted by Gasteiger charge is -2.17. The molecule has 0 spiro atoms. The second-order valence-electron chi connectivity index (χ2n) is 11.4. The molecule has 3 aromatic rings. The molecule has 0 aliphatic heterocycles. The van der Waals surface area contributed by atoms with Crippen molar-refractivity contribution in [2.45, 2.75) is 120 Å². The summed E-state index contributed by atoms with van der Waals surface area (Å²) >= 11 is 0. The highest BCUT2D eigenvalue weighted by Crippen LogP contribution is 2.35. The highest BCUT2D eigenvalue weighted by molar-refractivity contribution is 7.96. The van der Waals surface area contributed by atoms with Crippen LogP contribution in [0.15, 0.2) is 89.8 Å². The van der Waals surface area contributed by atoms with E-state index in [1.165, 1.54) is 112 Å². The zero-order valence-electron chi connectivity index (χ0n) is 25.5. The summed E-state index contributed by atoms with van der Waals surface area (Å²) < 4.78 is 6.09. The molecule has 3 rings (SSSR count). The third-order valence-corrected chi connectivity index (χ3v) is 10.3. The van der Waals surface area contributed by atoms with Crippen molar-refractivity contribution in [1.29, 1.82) is 0 Å². The first-order valence-corrected chi connectivity index (χ1v) is 18.0. The van der Waals surface area contributed by atoms with Gasteiger partial charge >= 0.3 is 0 Å². The van der Waals surface area contributed by atoms with Gasteiger partial charge < -0.3 is 4.74 Å². The van der Waals surface area contributed by atoms with Gasteiger partial charge in [-0.1, -0.05) is 164 Å². The van der Waals surface area contributed by atoms with Crippen LogP contribution >= 0.6 is 0 Å². The van der Waals surface area contributed by atoms with E-state index in [9.17, 15) is 0 Å². The molecular weight excluding hydrogens is 504 g/mol. The van der Waals surface area contributed by atoms with E-state index < -0.39 is 0 Å². The lowest BCUT2D eigenvalue weighted by Crippen LogP contribution is -2.14. The highest BCUT2D eigenvalue weighted by Gasteiger charge is 2.31. The van der Waals surface area contributed by atoms with Gasteiger partial charge in [0.1, 0.15) is 12.0 Å². The summed E-state index contributed by atoms with van der Waals surface area (Å²) in [6.45, 7) is 3.12. The Morgan fingerprint density at radius 3 is 1.32 bits per heavy atom. The van der Waals surface area contributed by atoms with E-state index in [0.717, 1.165) is 18.8 Å². The Morgan fingerprint density at radius 2 is 0.900 bits per heavy atom. The average Bonchev–Trinajstić information content (AvgIpc) is 3.00. The largest absolute Gasteiger partial charge is 0.494 e. The maximum absolute atomic E-state index is 6.09. The van der Waals surface area contributed by atoms with Gasteiger partial charge in [-0.25, -0.2) is 0 Å². The topological polar surface area (TPSA) is 9.23 Å². The van der Waals surface area contributed by atoms with Gasteiger partial charge in [0.25, 0.3) is 0 Å². The number of hydrogen-bond donors (Lipinski definition) is 0. The van der Waals surface area contributed by atoms with Crippen LogP contribution in [0.1, 0.15) is 126 Å².